The maximum Gasteiger partial charge on any atom is 0.196 e. The van der Waals surface area contributed by atoms with Crippen LogP contribution in [0.15, 0.2) is 53.5 Å². The van der Waals surface area contributed by atoms with Crippen LogP contribution in [0.1, 0.15) is 11.6 Å². The Morgan fingerprint density at radius 3 is 2.55 bits per heavy atom. The highest BCUT2D eigenvalue weighted by atomic mass is 35.5. The molecule has 1 atom stereocenters. The van der Waals surface area contributed by atoms with Crippen molar-refractivity contribution in [1.29, 1.82) is 0 Å². The molecule has 3 nitrogen and oxygen atoms in total. The molecule has 0 aromatic heterocycles. The second-order valence-electron chi connectivity index (χ2n) is 4.58. The van der Waals surface area contributed by atoms with E-state index in [0.717, 1.165) is 11.3 Å². The molecule has 1 unspecified atom stereocenters. The normalized spacial score (nSPS) is 18.2. The molecule has 2 N–H and O–H groups in total. The lowest BCUT2D eigenvalue weighted by molar-refractivity contribution is 0.627. The van der Waals surface area contributed by atoms with Crippen LogP contribution in [0.2, 0.25) is 5.02 Å². The number of halogens is 2. The molecule has 3 rings (SSSR count). The Hall–Kier alpha value is -2.07. The van der Waals surface area contributed by atoms with E-state index in [1.165, 1.54) is 12.1 Å². The van der Waals surface area contributed by atoms with Crippen LogP contribution in [0.3, 0.4) is 0 Å². The summed E-state index contributed by atoms with van der Waals surface area (Å²) < 4.78 is 13.1. The van der Waals surface area contributed by atoms with Crippen molar-refractivity contribution in [3.8, 4) is 0 Å². The third kappa shape index (κ3) is 2.23. The summed E-state index contributed by atoms with van der Waals surface area (Å²) >= 11 is 6.25. The molecule has 0 saturated heterocycles. The molecule has 1 heterocycles. The van der Waals surface area contributed by atoms with Crippen molar-refractivity contribution in [3.05, 3.63) is 64.9 Å². The van der Waals surface area contributed by atoms with Gasteiger partial charge in [-0.05, 0) is 35.9 Å². The molecular formula is C15H13ClFN3. The lowest BCUT2D eigenvalue weighted by atomic mass is 10.1. The van der Waals surface area contributed by atoms with E-state index in [0.29, 0.717) is 17.5 Å². The Balaban J connectivity index is 2.01. The highest BCUT2D eigenvalue weighted by Gasteiger charge is 2.30. The third-order valence-electron chi connectivity index (χ3n) is 3.35. The maximum atomic E-state index is 13.1. The highest BCUT2D eigenvalue weighted by Crippen LogP contribution is 2.34. The van der Waals surface area contributed by atoms with Crippen molar-refractivity contribution in [2.75, 3.05) is 11.4 Å². The summed E-state index contributed by atoms with van der Waals surface area (Å²) in [4.78, 5) is 6.16. The summed E-state index contributed by atoms with van der Waals surface area (Å²) in [6.45, 7) is 0.535. The van der Waals surface area contributed by atoms with Gasteiger partial charge in [-0.25, -0.2) is 4.39 Å². The van der Waals surface area contributed by atoms with Gasteiger partial charge < -0.3 is 10.6 Å². The first-order chi connectivity index (χ1) is 9.66. The van der Waals surface area contributed by atoms with Gasteiger partial charge in [0, 0.05) is 10.7 Å². The van der Waals surface area contributed by atoms with E-state index in [1.807, 2.05) is 29.2 Å². The zero-order chi connectivity index (χ0) is 14.1. The van der Waals surface area contributed by atoms with Crippen LogP contribution in [0.25, 0.3) is 0 Å². The lowest BCUT2D eigenvalue weighted by Gasteiger charge is -2.27. The predicted octanol–water partition coefficient (Wildman–Crippen LogP) is 3.36. The van der Waals surface area contributed by atoms with Crippen molar-refractivity contribution in [3.63, 3.8) is 0 Å². The number of nitrogens with zero attached hydrogens (tertiary/aromatic N) is 2. The summed E-state index contributed by atoms with van der Waals surface area (Å²) in [5.74, 6) is 0.138. The van der Waals surface area contributed by atoms with E-state index < -0.39 is 0 Å². The summed E-state index contributed by atoms with van der Waals surface area (Å²) in [5, 5.41) is 0.675. The van der Waals surface area contributed by atoms with E-state index >= 15 is 0 Å². The molecule has 0 aliphatic carbocycles. The zero-order valence-corrected chi connectivity index (χ0v) is 11.4. The lowest BCUT2D eigenvalue weighted by Crippen LogP contribution is -2.36. The van der Waals surface area contributed by atoms with Crippen LogP contribution in [0.4, 0.5) is 10.1 Å². The number of benzene rings is 2. The number of anilines is 1. The topological polar surface area (TPSA) is 41.6 Å². The van der Waals surface area contributed by atoms with Crippen molar-refractivity contribution >= 4 is 23.2 Å². The first-order valence-corrected chi connectivity index (χ1v) is 6.64. The molecular weight excluding hydrogens is 277 g/mol. The molecule has 1 aliphatic heterocycles. The minimum Gasteiger partial charge on any atom is -0.369 e. The molecule has 0 radical (unpaired) electrons. The molecule has 0 spiro atoms. The number of hydrogen-bond donors (Lipinski definition) is 1. The minimum atomic E-state index is -0.280. The van der Waals surface area contributed by atoms with Crippen molar-refractivity contribution in [1.82, 2.24) is 0 Å². The zero-order valence-electron chi connectivity index (χ0n) is 10.6. The van der Waals surface area contributed by atoms with Gasteiger partial charge in [0.2, 0.25) is 0 Å². The number of aliphatic imine (C=N–C) groups is 1. The average Bonchev–Trinajstić information content (AvgIpc) is 2.82. The van der Waals surface area contributed by atoms with E-state index in [1.54, 1.807) is 12.1 Å². The molecule has 5 heteroatoms. The summed E-state index contributed by atoms with van der Waals surface area (Å²) in [6.07, 6.45) is 0. The van der Waals surface area contributed by atoms with E-state index in [4.69, 9.17) is 17.3 Å². The molecule has 1 aliphatic rings. The van der Waals surface area contributed by atoms with E-state index in [9.17, 15) is 4.39 Å². The Morgan fingerprint density at radius 2 is 1.85 bits per heavy atom. The molecule has 0 saturated carbocycles. The van der Waals surface area contributed by atoms with Gasteiger partial charge >= 0.3 is 0 Å². The number of rotatable bonds is 2. The summed E-state index contributed by atoms with van der Waals surface area (Å²) in [5.41, 5.74) is 7.73. The standard InChI is InChI=1S/C15H13ClFN3/c16-13-4-2-1-3-12(13)14-9-19-15(18)20(14)11-7-5-10(17)6-8-11/h1-8,14H,9H2,(H2,18,19). The molecule has 0 amide bonds. The second-order valence-corrected chi connectivity index (χ2v) is 4.99. The van der Waals surface area contributed by atoms with Crippen LogP contribution in [0, 0.1) is 5.82 Å². The summed E-state index contributed by atoms with van der Waals surface area (Å²) in [6, 6.07) is 13.7. The maximum absolute atomic E-state index is 13.1. The van der Waals surface area contributed by atoms with Crippen molar-refractivity contribution in [2.24, 2.45) is 10.7 Å². The van der Waals surface area contributed by atoms with Gasteiger partial charge in [0.15, 0.2) is 5.96 Å². The minimum absolute atomic E-state index is 0.0610. The summed E-state index contributed by atoms with van der Waals surface area (Å²) in [7, 11) is 0. The van der Waals surface area contributed by atoms with Gasteiger partial charge in [-0.1, -0.05) is 29.8 Å². The SMILES string of the molecule is NC1=NCC(c2ccccc2Cl)N1c1ccc(F)cc1. The fourth-order valence-corrected chi connectivity index (χ4v) is 2.66. The monoisotopic (exact) mass is 289 g/mol. The molecule has 0 bridgehead atoms. The van der Waals surface area contributed by atoms with Crippen LogP contribution in [-0.2, 0) is 0 Å². The van der Waals surface area contributed by atoms with Crippen molar-refractivity contribution < 1.29 is 4.39 Å². The molecule has 102 valence electrons. The fraction of sp³-hybridized carbons (Fsp3) is 0.133. The van der Waals surface area contributed by atoms with Crippen molar-refractivity contribution in [2.45, 2.75) is 6.04 Å². The highest BCUT2D eigenvalue weighted by molar-refractivity contribution is 6.31. The van der Waals surface area contributed by atoms with Crippen LogP contribution >= 0.6 is 11.6 Å². The Kier molecular flexibility index (Phi) is 3.32. The Bertz CT molecular complexity index is 654. The number of hydrogen-bond acceptors (Lipinski definition) is 3. The molecule has 2 aromatic rings. The molecule has 2 aromatic carbocycles. The van der Waals surface area contributed by atoms with Gasteiger partial charge in [-0.3, -0.25) is 4.99 Å². The quantitative estimate of drug-likeness (QED) is 0.921. The van der Waals surface area contributed by atoms with Crippen LogP contribution in [-0.4, -0.2) is 12.5 Å². The number of guanidine groups is 1. The van der Waals surface area contributed by atoms with Gasteiger partial charge in [-0.2, -0.15) is 0 Å². The average molecular weight is 290 g/mol. The predicted molar refractivity (Wildman–Crippen MR) is 79.6 cm³/mol. The number of nitrogens with two attached hydrogens (primary N) is 1. The first kappa shape index (κ1) is 12.9. The van der Waals surface area contributed by atoms with E-state index in [2.05, 4.69) is 4.99 Å². The van der Waals surface area contributed by atoms with Gasteiger partial charge in [0.1, 0.15) is 5.82 Å². The smallest absolute Gasteiger partial charge is 0.196 e. The third-order valence-corrected chi connectivity index (χ3v) is 3.70. The van der Waals surface area contributed by atoms with Gasteiger partial charge in [0.05, 0.1) is 12.6 Å². The van der Waals surface area contributed by atoms with Crippen LogP contribution in [0.5, 0.6) is 0 Å². The second kappa shape index (κ2) is 5.13. The van der Waals surface area contributed by atoms with Crippen LogP contribution < -0.4 is 10.6 Å². The Morgan fingerprint density at radius 1 is 1.15 bits per heavy atom. The molecule has 0 fully saturated rings. The first-order valence-electron chi connectivity index (χ1n) is 6.26. The fourth-order valence-electron chi connectivity index (χ4n) is 2.39. The molecule has 20 heavy (non-hydrogen) atoms. The van der Waals surface area contributed by atoms with Gasteiger partial charge in [0.25, 0.3) is 0 Å². The largest absolute Gasteiger partial charge is 0.369 e. The Labute approximate surface area is 121 Å². The van der Waals surface area contributed by atoms with Gasteiger partial charge in [-0.15, -0.1) is 0 Å². The van der Waals surface area contributed by atoms with E-state index in [-0.39, 0.29) is 11.9 Å².